The maximum Gasteiger partial charge on any atom is 0.387 e. The van der Waals surface area contributed by atoms with Crippen LogP contribution in [0.4, 0.5) is 13.2 Å². The summed E-state index contributed by atoms with van der Waals surface area (Å²) >= 11 is 0. The average Bonchev–Trinajstić information content (AvgIpc) is 3.35. The zero-order valence-electron chi connectivity index (χ0n) is 19.4. The van der Waals surface area contributed by atoms with Gasteiger partial charge in [0.05, 0.1) is 37.5 Å². The van der Waals surface area contributed by atoms with E-state index < -0.39 is 24.7 Å². The zero-order valence-corrected chi connectivity index (χ0v) is 19.4. The molecule has 0 aliphatic heterocycles. The molecule has 1 aromatic carbocycles. The van der Waals surface area contributed by atoms with Crippen molar-refractivity contribution in [3.63, 3.8) is 0 Å². The Morgan fingerprint density at radius 3 is 2.69 bits per heavy atom. The smallest absolute Gasteiger partial charge is 0.387 e. The van der Waals surface area contributed by atoms with Gasteiger partial charge in [-0.25, -0.2) is 8.91 Å². The molecule has 188 valence electrons. The summed E-state index contributed by atoms with van der Waals surface area (Å²) in [7, 11) is 1.31. The molecule has 0 spiro atoms. The van der Waals surface area contributed by atoms with Crippen molar-refractivity contribution >= 4 is 11.4 Å². The second kappa shape index (κ2) is 9.35. The summed E-state index contributed by atoms with van der Waals surface area (Å²) in [5, 5.41) is 19.2. The van der Waals surface area contributed by atoms with Crippen molar-refractivity contribution in [3.8, 4) is 28.7 Å². The number of nitrogens with zero attached hydrogens (tertiary/aromatic N) is 3. The highest BCUT2D eigenvalue weighted by Crippen LogP contribution is 2.42. The van der Waals surface area contributed by atoms with Crippen LogP contribution in [0.5, 0.6) is 11.5 Å². The van der Waals surface area contributed by atoms with Gasteiger partial charge in [0.1, 0.15) is 23.2 Å². The van der Waals surface area contributed by atoms with Crippen LogP contribution in [0, 0.1) is 11.3 Å². The molecular weight excluding hydrogens is 475 g/mol. The summed E-state index contributed by atoms with van der Waals surface area (Å²) in [6.45, 7) is -2.95. The van der Waals surface area contributed by atoms with E-state index in [9.17, 15) is 18.0 Å². The first-order valence-corrected chi connectivity index (χ1v) is 11.6. The lowest BCUT2D eigenvalue weighted by Gasteiger charge is -2.42. The number of nitriles is 1. The molecule has 8 nitrogen and oxygen atoms in total. The molecule has 11 heteroatoms. The maximum atomic E-state index is 13.3. The van der Waals surface area contributed by atoms with Gasteiger partial charge in [-0.05, 0) is 48.6 Å². The van der Waals surface area contributed by atoms with Crippen LogP contribution in [-0.4, -0.2) is 48.0 Å². The first-order chi connectivity index (χ1) is 17.3. The van der Waals surface area contributed by atoms with E-state index in [0.29, 0.717) is 16.6 Å². The number of carbonyl (C=O) groups excluding carboxylic acids is 1. The number of hydrogen-bond acceptors (Lipinski definition) is 6. The molecule has 2 fully saturated rings. The number of nitrogens with one attached hydrogen (secondary N) is 2. The minimum Gasteiger partial charge on any atom is -0.496 e. The summed E-state index contributed by atoms with van der Waals surface area (Å²) in [5.41, 5.74) is 2.28. The van der Waals surface area contributed by atoms with Gasteiger partial charge in [-0.3, -0.25) is 10.1 Å². The van der Waals surface area contributed by atoms with Crippen LogP contribution in [0.1, 0.15) is 41.6 Å². The first-order valence-electron chi connectivity index (χ1n) is 11.6. The number of pyridine rings is 1. The van der Waals surface area contributed by atoms with E-state index in [1.165, 1.54) is 13.2 Å². The van der Waals surface area contributed by atoms with E-state index in [-0.39, 0.29) is 35.6 Å². The zero-order chi connectivity index (χ0) is 25.4. The Morgan fingerprint density at radius 1 is 1.33 bits per heavy atom. The number of fused-ring (bicyclic) bond motifs is 1. The molecule has 2 aromatic heterocycles. The summed E-state index contributed by atoms with van der Waals surface area (Å²) in [6, 6.07) is 8.18. The molecule has 2 aliphatic carbocycles. The minimum absolute atomic E-state index is 0.0156. The average molecular weight is 499 g/mol. The quantitative estimate of drug-likeness (QED) is 0.433. The number of ether oxygens (including phenoxy) is 2. The van der Waals surface area contributed by atoms with E-state index in [0.717, 1.165) is 24.8 Å². The van der Waals surface area contributed by atoms with Gasteiger partial charge in [-0.2, -0.15) is 19.1 Å². The summed E-state index contributed by atoms with van der Waals surface area (Å²) in [5.74, 6) is -1.11. The first kappa shape index (κ1) is 23.9. The van der Waals surface area contributed by atoms with E-state index in [1.54, 1.807) is 16.8 Å². The summed E-state index contributed by atoms with van der Waals surface area (Å²) in [4.78, 5) is 12.7. The second-order valence-corrected chi connectivity index (χ2v) is 9.01. The van der Waals surface area contributed by atoms with Crippen molar-refractivity contribution in [1.29, 1.82) is 5.26 Å². The third-order valence-corrected chi connectivity index (χ3v) is 6.85. The Balaban J connectivity index is 1.53. The van der Waals surface area contributed by atoms with Gasteiger partial charge < -0.3 is 14.8 Å². The molecule has 2 saturated carbocycles. The van der Waals surface area contributed by atoms with Crippen molar-refractivity contribution in [2.45, 2.75) is 50.0 Å². The number of halogens is 3. The van der Waals surface area contributed by atoms with E-state index in [1.807, 2.05) is 18.3 Å². The lowest BCUT2D eigenvalue weighted by atomic mass is 9.72. The van der Waals surface area contributed by atoms with Crippen LogP contribution in [0.15, 0.2) is 36.7 Å². The molecule has 3 aromatic rings. The van der Waals surface area contributed by atoms with E-state index in [2.05, 4.69) is 26.5 Å². The number of alkyl halides is 3. The molecule has 0 saturated heterocycles. The Kier molecular flexibility index (Phi) is 6.22. The highest BCUT2D eigenvalue weighted by atomic mass is 19.3. The molecule has 2 N–H and O–H groups in total. The number of carbonyl (C=O) groups is 1. The Hall–Kier alpha value is -3.78. The van der Waals surface area contributed by atoms with Gasteiger partial charge in [0, 0.05) is 23.7 Å². The fourth-order valence-electron chi connectivity index (χ4n) is 4.67. The van der Waals surface area contributed by atoms with Crippen molar-refractivity contribution in [1.82, 2.24) is 20.2 Å². The fraction of sp³-hybridized carbons (Fsp3) is 0.400. The number of amides is 1. The van der Waals surface area contributed by atoms with Crippen LogP contribution >= 0.6 is 0 Å². The highest BCUT2D eigenvalue weighted by Gasteiger charge is 2.40. The van der Waals surface area contributed by atoms with Crippen LogP contribution in [0.25, 0.3) is 16.6 Å². The molecule has 36 heavy (non-hydrogen) atoms. The van der Waals surface area contributed by atoms with Gasteiger partial charge in [0.25, 0.3) is 5.91 Å². The monoisotopic (exact) mass is 499 g/mol. The normalized spacial score (nSPS) is 20.0. The number of benzene rings is 1. The van der Waals surface area contributed by atoms with E-state index >= 15 is 0 Å². The topological polar surface area (TPSA) is 101 Å². The van der Waals surface area contributed by atoms with Gasteiger partial charge in [-0.15, -0.1) is 0 Å². The highest BCUT2D eigenvalue weighted by molar-refractivity contribution is 6.01. The molecule has 2 heterocycles. The molecular formula is C25H24F3N5O3. The standard InChI is InChI=1S/C25H24F3N5O3/c1-35-20-9-14(10-21(36-24(27)28)22(20)23(34)32-18-11-17(18)26)16-12-31-33-13-15(3-4-19(16)33)25(5-2-6-25)30-8-7-29/h3-4,9-10,12-13,17-18,24,30H,2,5-6,8,11H2,1H3,(H,32,34). The van der Waals surface area contributed by atoms with Gasteiger partial charge in [-0.1, -0.05) is 6.07 Å². The van der Waals surface area contributed by atoms with Gasteiger partial charge in [0.15, 0.2) is 0 Å². The largest absolute Gasteiger partial charge is 0.496 e. The molecule has 1 amide bonds. The van der Waals surface area contributed by atoms with Crippen LogP contribution in [0.3, 0.4) is 0 Å². The van der Waals surface area contributed by atoms with Crippen molar-refractivity contribution in [2.75, 3.05) is 13.7 Å². The van der Waals surface area contributed by atoms with E-state index in [4.69, 9.17) is 10.00 Å². The molecule has 0 bridgehead atoms. The maximum absolute atomic E-state index is 13.3. The number of hydrogen-bond donors (Lipinski definition) is 2. The Labute approximate surface area is 205 Å². The number of rotatable bonds is 9. The number of aromatic nitrogens is 2. The Morgan fingerprint density at radius 2 is 2.08 bits per heavy atom. The van der Waals surface area contributed by atoms with Gasteiger partial charge in [0.2, 0.25) is 0 Å². The van der Waals surface area contributed by atoms with Crippen LogP contribution in [0.2, 0.25) is 0 Å². The minimum atomic E-state index is -3.18. The van der Waals surface area contributed by atoms with Crippen molar-refractivity contribution < 1.29 is 27.4 Å². The predicted octanol–water partition coefficient (Wildman–Crippen LogP) is 3.94. The third-order valence-electron chi connectivity index (χ3n) is 6.85. The lowest BCUT2D eigenvalue weighted by Crippen LogP contribution is -2.48. The lowest BCUT2D eigenvalue weighted by molar-refractivity contribution is -0.0502. The molecule has 5 rings (SSSR count). The van der Waals surface area contributed by atoms with Crippen LogP contribution in [-0.2, 0) is 5.54 Å². The second-order valence-electron chi connectivity index (χ2n) is 9.01. The molecule has 0 radical (unpaired) electrons. The third kappa shape index (κ3) is 4.33. The van der Waals surface area contributed by atoms with Gasteiger partial charge >= 0.3 is 6.61 Å². The van der Waals surface area contributed by atoms with Crippen molar-refractivity contribution in [3.05, 3.63) is 47.8 Å². The fourth-order valence-corrected chi connectivity index (χ4v) is 4.67. The number of methoxy groups -OCH3 is 1. The van der Waals surface area contributed by atoms with Crippen molar-refractivity contribution in [2.24, 2.45) is 0 Å². The summed E-state index contributed by atoms with van der Waals surface area (Å²) < 4.78 is 51.5. The molecule has 2 aliphatic rings. The SMILES string of the molecule is COc1cc(-c2cnn3cc(C4(NCC#N)CCC4)ccc23)cc(OC(F)F)c1C(=O)NC1CC1F. The predicted molar refractivity (Wildman–Crippen MR) is 124 cm³/mol. The molecule has 2 unspecified atom stereocenters. The summed E-state index contributed by atoms with van der Waals surface area (Å²) in [6.07, 6.45) is 5.38. The molecule has 2 atom stereocenters. The Bertz CT molecular complexity index is 1350. The van der Waals surface area contributed by atoms with Crippen LogP contribution < -0.4 is 20.1 Å².